The van der Waals surface area contributed by atoms with Crippen LogP contribution in [0.2, 0.25) is 0 Å². The maximum absolute atomic E-state index is 13.8. The predicted molar refractivity (Wildman–Crippen MR) is 79.1 cm³/mol. The first-order valence-corrected chi connectivity index (χ1v) is 7.47. The van der Waals surface area contributed by atoms with Crippen LogP contribution < -0.4 is 5.32 Å². The first kappa shape index (κ1) is 13.6. The Balaban J connectivity index is 1.83. The van der Waals surface area contributed by atoms with E-state index in [-0.39, 0.29) is 5.82 Å². The van der Waals surface area contributed by atoms with E-state index < -0.39 is 0 Å². The van der Waals surface area contributed by atoms with Gasteiger partial charge in [-0.15, -0.1) is 0 Å². The smallest absolute Gasteiger partial charge is 0.151 e. The van der Waals surface area contributed by atoms with Gasteiger partial charge < -0.3 is 9.88 Å². The van der Waals surface area contributed by atoms with Gasteiger partial charge in [0, 0.05) is 13.5 Å². The Morgan fingerprint density at radius 2 is 2.35 bits per heavy atom. The van der Waals surface area contributed by atoms with Gasteiger partial charge in [0.25, 0.3) is 0 Å². The summed E-state index contributed by atoms with van der Waals surface area (Å²) in [4.78, 5) is 4.51. The standard InChI is InChI=1S/C16H22FN3/c1-11(12-5-4-8-18-10-12)9-15-19-16-13(17)6-3-7-14(16)20(15)2/h3,6-7,11-12,18H,4-5,8-10H2,1-2H3. The highest BCUT2D eigenvalue weighted by Crippen LogP contribution is 2.25. The van der Waals surface area contributed by atoms with Crippen molar-refractivity contribution in [2.24, 2.45) is 18.9 Å². The summed E-state index contributed by atoms with van der Waals surface area (Å²) < 4.78 is 15.8. The van der Waals surface area contributed by atoms with Crippen molar-refractivity contribution in [1.29, 1.82) is 0 Å². The predicted octanol–water partition coefficient (Wildman–Crippen LogP) is 2.89. The second-order valence-corrected chi connectivity index (χ2v) is 5.98. The van der Waals surface area contributed by atoms with Gasteiger partial charge in [0.1, 0.15) is 11.3 Å². The van der Waals surface area contributed by atoms with E-state index in [1.54, 1.807) is 6.07 Å². The van der Waals surface area contributed by atoms with Crippen LogP contribution >= 0.6 is 0 Å². The van der Waals surface area contributed by atoms with Crippen molar-refractivity contribution in [3.8, 4) is 0 Å². The molecular formula is C16H22FN3. The lowest BCUT2D eigenvalue weighted by Crippen LogP contribution is -2.34. The zero-order valence-electron chi connectivity index (χ0n) is 12.2. The maximum atomic E-state index is 13.8. The number of nitrogens with zero attached hydrogens (tertiary/aromatic N) is 2. The fourth-order valence-electron chi connectivity index (χ4n) is 3.23. The third-order valence-electron chi connectivity index (χ3n) is 4.60. The number of aromatic nitrogens is 2. The fraction of sp³-hybridized carbons (Fsp3) is 0.562. The van der Waals surface area contributed by atoms with E-state index in [0.29, 0.717) is 17.4 Å². The van der Waals surface area contributed by atoms with Crippen LogP contribution in [0.4, 0.5) is 4.39 Å². The van der Waals surface area contributed by atoms with Crippen LogP contribution in [0.3, 0.4) is 0 Å². The molecule has 1 saturated heterocycles. The van der Waals surface area contributed by atoms with Gasteiger partial charge in [-0.2, -0.15) is 0 Å². The number of hydrogen-bond donors (Lipinski definition) is 1. The van der Waals surface area contributed by atoms with Gasteiger partial charge in [0.15, 0.2) is 5.82 Å². The van der Waals surface area contributed by atoms with Gasteiger partial charge >= 0.3 is 0 Å². The van der Waals surface area contributed by atoms with Crippen molar-refractivity contribution in [3.05, 3.63) is 29.8 Å². The molecule has 1 aromatic heterocycles. The molecule has 2 aromatic rings. The molecule has 1 aromatic carbocycles. The van der Waals surface area contributed by atoms with Crippen LogP contribution in [-0.4, -0.2) is 22.6 Å². The Bertz CT molecular complexity index is 599. The monoisotopic (exact) mass is 275 g/mol. The molecule has 2 atom stereocenters. The summed E-state index contributed by atoms with van der Waals surface area (Å²) in [7, 11) is 1.98. The van der Waals surface area contributed by atoms with Gasteiger partial charge in [0.05, 0.1) is 5.52 Å². The first-order chi connectivity index (χ1) is 9.66. The summed E-state index contributed by atoms with van der Waals surface area (Å²) in [5.74, 6) is 2.04. The fourth-order valence-corrected chi connectivity index (χ4v) is 3.23. The molecule has 1 fully saturated rings. The van der Waals surface area contributed by atoms with E-state index in [2.05, 4.69) is 17.2 Å². The van der Waals surface area contributed by atoms with Gasteiger partial charge in [-0.3, -0.25) is 0 Å². The summed E-state index contributed by atoms with van der Waals surface area (Å²) >= 11 is 0. The first-order valence-electron chi connectivity index (χ1n) is 7.47. The zero-order chi connectivity index (χ0) is 14.1. The number of aryl methyl sites for hydroxylation is 1. The molecule has 3 nitrogen and oxygen atoms in total. The topological polar surface area (TPSA) is 29.9 Å². The molecule has 4 heteroatoms. The number of para-hydroxylation sites is 1. The Morgan fingerprint density at radius 1 is 1.50 bits per heavy atom. The van der Waals surface area contributed by atoms with Crippen LogP contribution in [0.1, 0.15) is 25.6 Å². The van der Waals surface area contributed by atoms with Gasteiger partial charge in [-0.1, -0.05) is 13.0 Å². The summed E-state index contributed by atoms with van der Waals surface area (Å²) in [6.45, 7) is 4.52. The molecule has 108 valence electrons. The summed E-state index contributed by atoms with van der Waals surface area (Å²) in [5.41, 5.74) is 1.38. The molecule has 0 aliphatic carbocycles. The van der Waals surface area contributed by atoms with E-state index in [0.717, 1.165) is 30.9 Å². The molecule has 0 saturated carbocycles. The van der Waals surface area contributed by atoms with Crippen LogP contribution in [0.5, 0.6) is 0 Å². The summed E-state index contributed by atoms with van der Waals surface area (Å²) in [6, 6.07) is 5.16. The third kappa shape index (κ3) is 2.44. The van der Waals surface area contributed by atoms with Crippen LogP contribution in [0.15, 0.2) is 18.2 Å². The van der Waals surface area contributed by atoms with Crippen molar-refractivity contribution in [3.63, 3.8) is 0 Å². The minimum Gasteiger partial charge on any atom is -0.331 e. The minimum atomic E-state index is -0.226. The molecular weight excluding hydrogens is 253 g/mol. The van der Waals surface area contributed by atoms with Crippen molar-refractivity contribution in [2.75, 3.05) is 13.1 Å². The molecule has 0 spiro atoms. The second kappa shape index (κ2) is 5.52. The van der Waals surface area contributed by atoms with Crippen LogP contribution in [0, 0.1) is 17.7 Å². The molecule has 2 unspecified atom stereocenters. The van der Waals surface area contributed by atoms with Crippen molar-refractivity contribution >= 4 is 11.0 Å². The highest BCUT2D eigenvalue weighted by molar-refractivity contribution is 5.76. The number of piperidine rings is 1. The highest BCUT2D eigenvalue weighted by atomic mass is 19.1. The summed E-state index contributed by atoms with van der Waals surface area (Å²) in [6.07, 6.45) is 3.45. The lowest BCUT2D eigenvalue weighted by Gasteiger charge is -2.28. The Morgan fingerprint density at radius 3 is 3.05 bits per heavy atom. The van der Waals surface area contributed by atoms with Crippen LogP contribution in [0.25, 0.3) is 11.0 Å². The third-order valence-corrected chi connectivity index (χ3v) is 4.60. The van der Waals surface area contributed by atoms with Crippen molar-refractivity contribution < 1.29 is 4.39 Å². The van der Waals surface area contributed by atoms with E-state index in [1.165, 1.54) is 18.9 Å². The van der Waals surface area contributed by atoms with Crippen LogP contribution in [-0.2, 0) is 13.5 Å². The number of imidazole rings is 1. The molecule has 0 radical (unpaired) electrons. The van der Waals surface area contributed by atoms with Crippen molar-refractivity contribution in [1.82, 2.24) is 14.9 Å². The molecule has 1 aliphatic rings. The van der Waals surface area contributed by atoms with E-state index in [1.807, 2.05) is 17.7 Å². The Hall–Kier alpha value is -1.42. The molecule has 2 heterocycles. The number of benzene rings is 1. The number of halogens is 1. The largest absolute Gasteiger partial charge is 0.331 e. The lowest BCUT2D eigenvalue weighted by atomic mass is 9.85. The maximum Gasteiger partial charge on any atom is 0.151 e. The van der Waals surface area contributed by atoms with Gasteiger partial charge in [-0.05, 0) is 49.9 Å². The van der Waals surface area contributed by atoms with E-state index >= 15 is 0 Å². The van der Waals surface area contributed by atoms with E-state index in [4.69, 9.17) is 0 Å². The SMILES string of the molecule is CC(Cc1nc2c(F)cccc2n1C)C1CCCNC1. The molecule has 0 amide bonds. The minimum absolute atomic E-state index is 0.226. The Kier molecular flexibility index (Phi) is 3.74. The number of nitrogens with one attached hydrogen (secondary N) is 1. The molecule has 20 heavy (non-hydrogen) atoms. The average Bonchev–Trinajstić information content (AvgIpc) is 2.79. The van der Waals surface area contributed by atoms with Gasteiger partial charge in [-0.25, -0.2) is 9.37 Å². The average molecular weight is 275 g/mol. The number of hydrogen-bond acceptors (Lipinski definition) is 2. The zero-order valence-corrected chi connectivity index (χ0v) is 12.2. The molecule has 1 N–H and O–H groups in total. The van der Waals surface area contributed by atoms with E-state index in [9.17, 15) is 4.39 Å². The Labute approximate surface area is 119 Å². The van der Waals surface area contributed by atoms with Gasteiger partial charge in [0.2, 0.25) is 0 Å². The second-order valence-electron chi connectivity index (χ2n) is 5.98. The van der Waals surface area contributed by atoms with Crippen molar-refractivity contribution in [2.45, 2.75) is 26.2 Å². The quantitative estimate of drug-likeness (QED) is 0.933. The highest BCUT2D eigenvalue weighted by Gasteiger charge is 2.22. The molecule has 3 rings (SSSR count). The normalized spacial score (nSPS) is 21.2. The summed E-state index contributed by atoms with van der Waals surface area (Å²) in [5, 5.41) is 3.46. The lowest BCUT2D eigenvalue weighted by molar-refractivity contribution is 0.275. The molecule has 0 bridgehead atoms. The number of fused-ring (bicyclic) bond motifs is 1. The molecule has 1 aliphatic heterocycles. The number of rotatable bonds is 3.